The zero-order chi connectivity index (χ0) is 14.1. The molecule has 2 nitrogen and oxygen atoms in total. The number of ketones is 1. The zero-order valence-corrected chi connectivity index (χ0v) is 12.2. The molecular weight excluding hydrogens is 246 g/mol. The number of piperidine rings is 2. The first-order valence-corrected chi connectivity index (χ1v) is 7.69. The van der Waals surface area contributed by atoms with Crippen molar-refractivity contribution in [3.05, 3.63) is 42.0 Å². The summed E-state index contributed by atoms with van der Waals surface area (Å²) in [5.74, 6) is 0.541. The van der Waals surface area contributed by atoms with Crippen molar-refractivity contribution in [1.82, 2.24) is 5.32 Å². The van der Waals surface area contributed by atoms with Crippen molar-refractivity contribution >= 4 is 11.4 Å². The highest BCUT2D eigenvalue weighted by atomic mass is 16.1. The molecule has 1 aromatic carbocycles. The lowest BCUT2D eigenvalue weighted by Crippen LogP contribution is -2.50. The van der Waals surface area contributed by atoms with E-state index in [1.165, 1.54) is 19.3 Å². The third-order valence-electron chi connectivity index (χ3n) is 4.75. The molecule has 0 spiro atoms. The molecule has 2 saturated heterocycles. The SMILES string of the molecule is C=C(C)c1ccc(C(=O)C2CC3CCCC(C2)N3)cc1. The summed E-state index contributed by atoms with van der Waals surface area (Å²) in [7, 11) is 0. The number of Topliss-reactive ketones (excluding diaryl/α,β-unsaturated/α-hetero) is 1. The van der Waals surface area contributed by atoms with Crippen molar-refractivity contribution < 1.29 is 4.79 Å². The van der Waals surface area contributed by atoms with Crippen LogP contribution in [0.3, 0.4) is 0 Å². The fourth-order valence-corrected chi connectivity index (χ4v) is 3.63. The van der Waals surface area contributed by atoms with E-state index in [-0.39, 0.29) is 5.92 Å². The van der Waals surface area contributed by atoms with Crippen molar-refractivity contribution in [2.24, 2.45) is 5.92 Å². The summed E-state index contributed by atoms with van der Waals surface area (Å²) in [5, 5.41) is 3.65. The Kier molecular flexibility index (Phi) is 3.75. The molecule has 2 bridgehead atoms. The van der Waals surface area contributed by atoms with Gasteiger partial charge in [-0.3, -0.25) is 4.79 Å². The van der Waals surface area contributed by atoms with Crippen molar-refractivity contribution in [2.45, 2.75) is 51.1 Å². The number of benzene rings is 1. The molecule has 1 N–H and O–H groups in total. The first kappa shape index (κ1) is 13.6. The lowest BCUT2D eigenvalue weighted by Gasteiger charge is -2.39. The molecule has 2 aliphatic rings. The minimum Gasteiger partial charge on any atom is -0.311 e. The minimum atomic E-state index is 0.210. The number of carbonyl (C=O) groups is 1. The van der Waals surface area contributed by atoms with E-state index >= 15 is 0 Å². The van der Waals surface area contributed by atoms with E-state index in [1.807, 2.05) is 31.2 Å². The number of hydrogen-bond acceptors (Lipinski definition) is 2. The van der Waals surface area contributed by atoms with Crippen LogP contribution < -0.4 is 5.32 Å². The van der Waals surface area contributed by atoms with Crippen LogP contribution >= 0.6 is 0 Å². The smallest absolute Gasteiger partial charge is 0.166 e. The lowest BCUT2D eigenvalue weighted by atomic mass is 9.77. The van der Waals surface area contributed by atoms with Gasteiger partial charge in [-0.05, 0) is 38.2 Å². The van der Waals surface area contributed by atoms with E-state index in [0.29, 0.717) is 17.9 Å². The first-order valence-electron chi connectivity index (χ1n) is 7.69. The van der Waals surface area contributed by atoms with Crippen LogP contribution in [0.5, 0.6) is 0 Å². The van der Waals surface area contributed by atoms with E-state index in [0.717, 1.165) is 29.5 Å². The van der Waals surface area contributed by atoms with E-state index in [2.05, 4.69) is 11.9 Å². The number of carbonyl (C=O) groups excluding carboxylic acids is 1. The van der Waals surface area contributed by atoms with Crippen LogP contribution in [0.1, 0.15) is 54.9 Å². The predicted octanol–water partition coefficient (Wildman–Crippen LogP) is 3.82. The van der Waals surface area contributed by atoms with Gasteiger partial charge in [-0.1, -0.05) is 42.8 Å². The summed E-state index contributed by atoms with van der Waals surface area (Å²) in [6, 6.07) is 9.07. The Morgan fingerprint density at radius 2 is 1.65 bits per heavy atom. The number of rotatable bonds is 3. The first-order chi connectivity index (χ1) is 9.63. The van der Waals surface area contributed by atoms with Crippen LogP contribution in [-0.2, 0) is 0 Å². The summed E-state index contributed by atoms with van der Waals surface area (Å²) in [4.78, 5) is 12.7. The second kappa shape index (κ2) is 5.53. The lowest BCUT2D eigenvalue weighted by molar-refractivity contribution is 0.0825. The molecule has 0 aromatic heterocycles. The van der Waals surface area contributed by atoms with Crippen LogP contribution in [0.2, 0.25) is 0 Å². The summed E-state index contributed by atoms with van der Waals surface area (Å²) < 4.78 is 0. The van der Waals surface area contributed by atoms with Gasteiger partial charge in [0, 0.05) is 23.6 Å². The van der Waals surface area contributed by atoms with Gasteiger partial charge in [0.15, 0.2) is 5.78 Å². The van der Waals surface area contributed by atoms with Crippen LogP contribution in [0.4, 0.5) is 0 Å². The maximum Gasteiger partial charge on any atom is 0.166 e. The Morgan fingerprint density at radius 3 is 2.20 bits per heavy atom. The van der Waals surface area contributed by atoms with Gasteiger partial charge in [-0.15, -0.1) is 0 Å². The maximum atomic E-state index is 12.7. The number of fused-ring (bicyclic) bond motifs is 2. The number of hydrogen-bond donors (Lipinski definition) is 1. The van der Waals surface area contributed by atoms with Gasteiger partial charge in [0.2, 0.25) is 0 Å². The van der Waals surface area contributed by atoms with Gasteiger partial charge in [0.25, 0.3) is 0 Å². The molecule has 0 radical (unpaired) electrons. The Balaban J connectivity index is 1.73. The molecule has 1 aromatic rings. The Bertz CT molecular complexity index is 505. The molecule has 2 atom stereocenters. The monoisotopic (exact) mass is 269 g/mol. The zero-order valence-electron chi connectivity index (χ0n) is 12.2. The molecule has 20 heavy (non-hydrogen) atoms. The summed E-state index contributed by atoms with van der Waals surface area (Å²) in [5.41, 5.74) is 3.02. The highest BCUT2D eigenvalue weighted by Gasteiger charge is 2.34. The third kappa shape index (κ3) is 2.71. The van der Waals surface area contributed by atoms with Crippen LogP contribution in [-0.4, -0.2) is 17.9 Å². The molecule has 0 aliphatic carbocycles. The van der Waals surface area contributed by atoms with E-state index < -0.39 is 0 Å². The van der Waals surface area contributed by atoms with Crippen LogP contribution in [0.15, 0.2) is 30.8 Å². The van der Waals surface area contributed by atoms with E-state index in [4.69, 9.17) is 0 Å². The quantitative estimate of drug-likeness (QED) is 0.845. The van der Waals surface area contributed by atoms with Crippen molar-refractivity contribution in [3.63, 3.8) is 0 Å². The molecule has 3 rings (SSSR count). The van der Waals surface area contributed by atoms with E-state index in [1.54, 1.807) is 0 Å². The number of nitrogens with one attached hydrogen (secondary N) is 1. The molecule has 2 heterocycles. The molecule has 0 amide bonds. The largest absolute Gasteiger partial charge is 0.311 e. The molecule has 0 saturated carbocycles. The summed E-state index contributed by atoms with van der Waals surface area (Å²) in [6.07, 6.45) is 5.80. The summed E-state index contributed by atoms with van der Waals surface area (Å²) in [6.45, 7) is 5.93. The predicted molar refractivity (Wildman–Crippen MR) is 82.8 cm³/mol. The Labute approximate surface area is 121 Å². The average molecular weight is 269 g/mol. The van der Waals surface area contributed by atoms with Crippen molar-refractivity contribution in [3.8, 4) is 0 Å². The highest BCUT2D eigenvalue weighted by Crippen LogP contribution is 2.31. The molecule has 2 unspecified atom stereocenters. The Hall–Kier alpha value is -1.41. The fourth-order valence-electron chi connectivity index (χ4n) is 3.63. The van der Waals surface area contributed by atoms with Crippen LogP contribution in [0, 0.1) is 5.92 Å². The maximum absolute atomic E-state index is 12.7. The van der Waals surface area contributed by atoms with Gasteiger partial charge in [0.05, 0.1) is 0 Å². The van der Waals surface area contributed by atoms with E-state index in [9.17, 15) is 4.79 Å². The molecule has 106 valence electrons. The van der Waals surface area contributed by atoms with Gasteiger partial charge >= 0.3 is 0 Å². The highest BCUT2D eigenvalue weighted by molar-refractivity contribution is 5.98. The molecule has 2 heteroatoms. The summed E-state index contributed by atoms with van der Waals surface area (Å²) >= 11 is 0. The number of allylic oxidation sites excluding steroid dienone is 1. The topological polar surface area (TPSA) is 29.1 Å². The average Bonchev–Trinajstić information content (AvgIpc) is 2.46. The normalized spacial score (nSPS) is 28.9. The van der Waals surface area contributed by atoms with Gasteiger partial charge in [0.1, 0.15) is 0 Å². The molecular formula is C18H23NO. The van der Waals surface area contributed by atoms with Crippen molar-refractivity contribution in [1.29, 1.82) is 0 Å². The standard InChI is InChI=1S/C18H23NO/c1-12(2)13-6-8-14(9-7-13)18(20)15-10-16-4-3-5-17(11-15)19-16/h6-9,15-17,19H,1,3-5,10-11H2,2H3. The molecule has 2 fully saturated rings. The minimum absolute atomic E-state index is 0.210. The molecule has 2 aliphatic heterocycles. The Morgan fingerprint density at radius 1 is 1.10 bits per heavy atom. The fraction of sp³-hybridized carbons (Fsp3) is 0.500. The second-order valence-corrected chi connectivity index (χ2v) is 6.38. The van der Waals surface area contributed by atoms with Gasteiger partial charge < -0.3 is 5.32 Å². The van der Waals surface area contributed by atoms with Crippen LogP contribution in [0.25, 0.3) is 5.57 Å². The van der Waals surface area contributed by atoms with Gasteiger partial charge in [-0.2, -0.15) is 0 Å². The third-order valence-corrected chi connectivity index (χ3v) is 4.75. The second-order valence-electron chi connectivity index (χ2n) is 6.38. The van der Waals surface area contributed by atoms with Gasteiger partial charge in [-0.25, -0.2) is 0 Å². The van der Waals surface area contributed by atoms with Crippen molar-refractivity contribution in [2.75, 3.05) is 0 Å².